The highest BCUT2D eigenvalue weighted by atomic mass is 16.6. The number of rotatable bonds is 8. The largest absolute Gasteiger partial charge is 0.456 e. The molecule has 6 nitrogen and oxygen atoms in total. The van der Waals surface area contributed by atoms with Gasteiger partial charge in [-0.05, 0) is 36.1 Å². The highest BCUT2D eigenvalue weighted by Gasteiger charge is 2.17. The first-order valence-corrected chi connectivity index (χ1v) is 11.3. The minimum absolute atomic E-state index is 0.0574. The van der Waals surface area contributed by atoms with Crippen LogP contribution in [-0.2, 0) is 0 Å². The first-order chi connectivity index (χ1) is 15.8. The number of fused-ring (bicyclic) bond motifs is 3. The Bertz CT molecular complexity index is 1310. The average Bonchev–Trinajstić information content (AvgIpc) is 3.14. The minimum atomic E-state index is -0.364. The molecule has 0 aliphatic heterocycles. The van der Waals surface area contributed by atoms with E-state index in [1.165, 1.54) is 0 Å². The molecule has 170 valence electrons. The Morgan fingerprint density at radius 3 is 2.33 bits per heavy atom. The van der Waals surface area contributed by atoms with Crippen LogP contribution in [0.4, 0.5) is 17.1 Å². The van der Waals surface area contributed by atoms with Crippen molar-refractivity contribution in [2.45, 2.75) is 27.7 Å². The number of hydrogen-bond acceptors (Lipinski definition) is 5. The van der Waals surface area contributed by atoms with Crippen molar-refractivity contribution in [3.63, 3.8) is 0 Å². The van der Waals surface area contributed by atoms with Gasteiger partial charge < -0.3 is 9.32 Å². The molecular formula is C27H29N3O3. The van der Waals surface area contributed by atoms with E-state index in [9.17, 15) is 10.1 Å². The summed E-state index contributed by atoms with van der Waals surface area (Å²) >= 11 is 0. The van der Waals surface area contributed by atoms with E-state index in [0.717, 1.165) is 52.0 Å². The normalized spacial score (nSPS) is 11.9. The molecule has 0 aliphatic carbocycles. The number of para-hydroxylation sites is 1. The van der Waals surface area contributed by atoms with Gasteiger partial charge in [0.25, 0.3) is 5.69 Å². The van der Waals surface area contributed by atoms with Gasteiger partial charge in [0, 0.05) is 59.5 Å². The molecule has 0 spiro atoms. The Morgan fingerprint density at radius 1 is 0.939 bits per heavy atom. The van der Waals surface area contributed by atoms with Crippen molar-refractivity contribution in [3.8, 4) is 0 Å². The molecule has 0 saturated heterocycles. The molecule has 4 aromatic rings. The topological polar surface area (TPSA) is 71.9 Å². The number of nitrogens with zero attached hydrogens (tertiary/aromatic N) is 3. The number of furan rings is 1. The number of benzene rings is 3. The fourth-order valence-electron chi connectivity index (χ4n) is 4.14. The van der Waals surface area contributed by atoms with E-state index in [0.29, 0.717) is 11.8 Å². The van der Waals surface area contributed by atoms with Gasteiger partial charge in [0.05, 0.1) is 10.6 Å². The van der Waals surface area contributed by atoms with Crippen molar-refractivity contribution < 1.29 is 9.34 Å². The third kappa shape index (κ3) is 5.06. The number of hydrogen-bond donors (Lipinski definition) is 0. The molecule has 0 bridgehead atoms. The van der Waals surface area contributed by atoms with Crippen molar-refractivity contribution in [2.75, 3.05) is 18.0 Å². The Morgan fingerprint density at radius 2 is 1.64 bits per heavy atom. The van der Waals surface area contributed by atoms with E-state index in [4.69, 9.17) is 4.42 Å². The van der Waals surface area contributed by atoms with E-state index in [-0.39, 0.29) is 10.6 Å². The van der Waals surface area contributed by atoms with Crippen LogP contribution in [0, 0.1) is 22.0 Å². The number of nitro benzene ring substituents is 1. The molecule has 0 unspecified atom stereocenters. The fraction of sp³-hybridized carbons (Fsp3) is 0.296. The average molecular weight is 444 g/mol. The molecule has 3 aromatic carbocycles. The standard InChI is InChI=1S/C27H29N3O3/c1-18(2)16-29(17-19(3)4)25-12-10-22(30(31)32)13-20(25)15-28-21-9-11-24-23-7-5-6-8-26(23)33-27(24)14-21/h5-15,18-19H,16-17H2,1-4H3. The Kier molecular flexibility index (Phi) is 6.45. The number of aliphatic imine (C=N–C) groups is 1. The molecule has 0 atom stereocenters. The van der Waals surface area contributed by atoms with Crippen LogP contribution in [0.15, 0.2) is 70.1 Å². The highest BCUT2D eigenvalue weighted by Crippen LogP contribution is 2.32. The second-order valence-corrected chi connectivity index (χ2v) is 9.23. The van der Waals surface area contributed by atoms with Crippen LogP contribution in [0.5, 0.6) is 0 Å². The smallest absolute Gasteiger partial charge is 0.270 e. The highest BCUT2D eigenvalue weighted by molar-refractivity contribution is 6.05. The van der Waals surface area contributed by atoms with Crippen LogP contribution >= 0.6 is 0 Å². The molecule has 6 heteroatoms. The van der Waals surface area contributed by atoms with Crippen LogP contribution in [0.25, 0.3) is 21.9 Å². The molecule has 0 N–H and O–H groups in total. The lowest BCUT2D eigenvalue weighted by Gasteiger charge is -2.29. The summed E-state index contributed by atoms with van der Waals surface area (Å²) in [6.45, 7) is 10.4. The summed E-state index contributed by atoms with van der Waals surface area (Å²) in [4.78, 5) is 18.0. The van der Waals surface area contributed by atoms with Gasteiger partial charge in [0.15, 0.2) is 0 Å². The van der Waals surface area contributed by atoms with Gasteiger partial charge in [-0.15, -0.1) is 0 Å². The second kappa shape index (κ2) is 9.45. The molecule has 4 rings (SSSR count). The van der Waals surface area contributed by atoms with Crippen molar-refractivity contribution in [1.29, 1.82) is 0 Å². The Hall–Kier alpha value is -3.67. The number of non-ortho nitro benzene ring substituents is 1. The molecule has 1 heterocycles. The lowest BCUT2D eigenvalue weighted by molar-refractivity contribution is -0.384. The molecule has 0 saturated carbocycles. The zero-order chi connectivity index (χ0) is 23.5. The summed E-state index contributed by atoms with van der Waals surface area (Å²) in [7, 11) is 0. The zero-order valence-corrected chi connectivity index (χ0v) is 19.5. The summed E-state index contributed by atoms with van der Waals surface area (Å²) in [6.07, 6.45) is 1.72. The summed E-state index contributed by atoms with van der Waals surface area (Å²) in [6, 6.07) is 18.8. The van der Waals surface area contributed by atoms with Crippen LogP contribution in [0.2, 0.25) is 0 Å². The van der Waals surface area contributed by atoms with Crippen LogP contribution in [0.3, 0.4) is 0 Å². The molecule has 0 fully saturated rings. The number of anilines is 1. The van der Waals surface area contributed by atoms with Crippen molar-refractivity contribution in [3.05, 3.63) is 76.3 Å². The van der Waals surface area contributed by atoms with E-state index < -0.39 is 0 Å². The van der Waals surface area contributed by atoms with Gasteiger partial charge in [0.1, 0.15) is 11.2 Å². The molecule has 1 aromatic heterocycles. The van der Waals surface area contributed by atoms with Gasteiger partial charge in [-0.3, -0.25) is 15.1 Å². The second-order valence-electron chi connectivity index (χ2n) is 9.23. The van der Waals surface area contributed by atoms with E-state index >= 15 is 0 Å². The summed E-state index contributed by atoms with van der Waals surface area (Å²) in [5, 5.41) is 13.5. The lowest BCUT2D eigenvalue weighted by Crippen LogP contribution is -2.32. The maximum absolute atomic E-state index is 11.4. The maximum Gasteiger partial charge on any atom is 0.270 e. The molecule has 0 amide bonds. The Balaban J connectivity index is 1.74. The maximum atomic E-state index is 11.4. The summed E-state index contributed by atoms with van der Waals surface area (Å²) in [5.41, 5.74) is 4.09. The van der Waals surface area contributed by atoms with Gasteiger partial charge in [-0.2, -0.15) is 0 Å². The van der Waals surface area contributed by atoms with Gasteiger partial charge in [0.2, 0.25) is 0 Å². The van der Waals surface area contributed by atoms with Crippen molar-refractivity contribution in [2.24, 2.45) is 16.8 Å². The third-order valence-corrected chi connectivity index (χ3v) is 5.45. The predicted octanol–water partition coefficient (Wildman–Crippen LogP) is 7.36. The quantitative estimate of drug-likeness (QED) is 0.162. The lowest BCUT2D eigenvalue weighted by atomic mass is 10.1. The minimum Gasteiger partial charge on any atom is -0.456 e. The molecular weight excluding hydrogens is 414 g/mol. The van der Waals surface area contributed by atoms with Crippen LogP contribution < -0.4 is 4.90 Å². The molecule has 0 aliphatic rings. The zero-order valence-electron chi connectivity index (χ0n) is 19.5. The summed E-state index contributed by atoms with van der Waals surface area (Å²) < 4.78 is 5.97. The fourth-order valence-corrected chi connectivity index (χ4v) is 4.14. The molecule has 0 radical (unpaired) electrons. The first-order valence-electron chi connectivity index (χ1n) is 11.3. The van der Waals surface area contributed by atoms with Gasteiger partial charge in [-0.25, -0.2) is 0 Å². The monoisotopic (exact) mass is 443 g/mol. The van der Waals surface area contributed by atoms with E-state index in [1.807, 2.05) is 48.5 Å². The van der Waals surface area contributed by atoms with Crippen LogP contribution in [0.1, 0.15) is 33.3 Å². The van der Waals surface area contributed by atoms with Gasteiger partial charge >= 0.3 is 0 Å². The number of nitro groups is 1. The molecule has 33 heavy (non-hydrogen) atoms. The SMILES string of the molecule is CC(C)CN(CC(C)C)c1ccc([N+](=O)[O-])cc1C=Nc1ccc2c(c1)oc1ccccc12. The van der Waals surface area contributed by atoms with Crippen molar-refractivity contribution >= 4 is 45.2 Å². The third-order valence-electron chi connectivity index (χ3n) is 5.45. The first kappa shape index (κ1) is 22.5. The van der Waals surface area contributed by atoms with E-state index in [2.05, 4.69) is 37.6 Å². The predicted molar refractivity (Wildman–Crippen MR) is 136 cm³/mol. The Labute approximate surface area is 193 Å². The summed E-state index contributed by atoms with van der Waals surface area (Å²) in [5.74, 6) is 0.915. The van der Waals surface area contributed by atoms with E-state index in [1.54, 1.807) is 18.3 Å². The van der Waals surface area contributed by atoms with Crippen LogP contribution in [-0.4, -0.2) is 24.2 Å². The van der Waals surface area contributed by atoms with Gasteiger partial charge in [-0.1, -0.05) is 45.9 Å². The van der Waals surface area contributed by atoms with Crippen molar-refractivity contribution in [1.82, 2.24) is 0 Å².